The number of nitrogens with zero attached hydrogens (tertiary/aromatic N) is 2. The molecule has 0 aromatic carbocycles. The highest BCUT2D eigenvalue weighted by atomic mass is 16.6. The van der Waals surface area contributed by atoms with Gasteiger partial charge in [0.1, 0.15) is 12.2 Å². The minimum absolute atomic E-state index is 0.00109. The van der Waals surface area contributed by atoms with E-state index in [2.05, 4.69) is 33.0 Å². The third kappa shape index (κ3) is 6.33. The van der Waals surface area contributed by atoms with Crippen LogP contribution in [0.5, 0.6) is 0 Å². The molecule has 0 aromatic heterocycles. The van der Waals surface area contributed by atoms with Gasteiger partial charge in [0, 0.05) is 44.7 Å². The van der Waals surface area contributed by atoms with Gasteiger partial charge in [0.15, 0.2) is 0 Å². The van der Waals surface area contributed by atoms with E-state index in [9.17, 15) is 9.59 Å². The first-order valence-corrected chi connectivity index (χ1v) is 20.8. The average Bonchev–Trinajstić information content (AvgIpc) is 3.40. The lowest BCUT2D eigenvalue weighted by molar-refractivity contribution is -0.162. The van der Waals surface area contributed by atoms with Gasteiger partial charge in [0.2, 0.25) is 0 Å². The molecule has 276 valence electrons. The summed E-state index contributed by atoms with van der Waals surface area (Å²) in [5.74, 6) is 3.84. The van der Waals surface area contributed by atoms with Crippen LogP contribution in [-0.4, -0.2) is 85.7 Å². The highest BCUT2D eigenvalue weighted by molar-refractivity contribution is 5.69. The summed E-state index contributed by atoms with van der Waals surface area (Å²) < 4.78 is 19.8. The smallest absolute Gasteiger partial charge is 0.410 e. The summed E-state index contributed by atoms with van der Waals surface area (Å²) in [7, 11) is 0. The Morgan fingerprint density at radius 2 is 1.49 bits per heavy atom. The molecule has 1 N–H and O–H groups in total. The van der Waals surface area contributed by atoms with Crippen LogP contribution < -0.4 is 5.32 Å². The molecule has 8 nitrogen and oxygen atoms in total. The van der Waals surface area contributed by atoms with Gasteiger partial charge < -0.3 is 29.3 Å². The summed E-state index contributed by atoms with van der Waals surface area (Å²) in [5.41, 5.74) is 0.883. The van der Waals surface area contributed by atoms with Crippen LogP contribution in [0.4, 0.5) is 9.59 Å². The van der Waals surface area contributed by atoms with Crippen molar-refractivity contribution in [3.05, 3.63) is 0 Å². The number of hydrogen-bond donors (Lipinski definition) is 1. The van der Waals surface area contributed by atoms with E-state index in [-0.39, 0.29) is 41.8 Å². The maximum absolute atomic E-state index is 13.4. The van der Waals surface area contributed by atoms with Crippen LogP contribution in [0.2, 0.25) is 0 Å². The molecule has 6 aliphatic carbocycles. The molecule has 9 rings (SSSR count). The number of rotatable bonds is 4. The monoisotopic (exact) mass is 682 g/mol. The number of carbonyl (C=O) groups is 2. The Labute approximate surface area is 296 Å². The van der Waals surface area contributed by atoms with E-state index in [1.165, 1.54) is 83.5 Å². The first-order valence-electron chi connectivity index (χ1n) is 20.8. The predicted molar refractivity (Wildman–Crippen MR) is 190 cm³/mol. The molecule has 3 saturated heterocycles. The number of fused-ring (bicyclic) bond motifs is 4. The van der Waals surface area contributed by atoms with Gasteiger partial charge in [-0.1, -0.05) is 40.5 Å². The number of likely N-dealkylation sites (tertiary alicyclic amines) is 1. The SMILES string of the molecule is CC(C)C(OC(=O)N1CCC1)C1CCC2CC3CCCC45CC6(CCCC(OC(=O)N7CCNCC7)C(C)(C)C6CCC4C(C3)CC2O1)C5. The van der Waals surface area contributed by atoms with Gasteiger partial charge in [-0.3, -0.25) is 0 Å². The Morgan fingerprint density at radius 1 is 0.776 bits per heavy atom. The van der Waals surface area contributed by atoms with Gasteiger partial charge in [0.25, 0.3) is 0 Å². The average molecular weight is 682 g/mol. The van der Waals surface area contributed by atoms with Crippen LogP contribution in [0.15, 0.2) is 0 Å². The third-order valence-corrected chi connectivity index (χ3v) is 15.9. The molecule has 6 saturated carbocycles. The van der Waals surface area contributed by atoms with Crippen molar-refractivity contribution in [2.75, 3.05) is 39.3 Å². The van der Waals surface area contributed by atoms with Crippen LogP contribution in [0, 0.1) is 51.8 Å². The quantitative estimate of drug-likeness (QED) is 0.324. The van der Waals surface area contributed by atoms with Crippen molar-refractivity contribution in [2.45, 2.75) is 155 Å². The standard InChI is InChI=1S/C41H67N3O5/c1-27(2)36(49-38(46)43-18-7-19-43)32-12-10-29-22-28-8-5-14-40-25-41(26-40)15-6-9-35(48-37(45)44-20-16-42-17-21-44)39(3,4)34(41)13-11-31(40)30(23-28)24-33(29)47-32/h27-36,42H,5-26H2,1-4H3. The molecule has 0 aromatic rings. The van der Waals surface area contributed by atoms with E-state index in [0.717, 1.165) is 76.3 Å². The Kier molecular flexibility index (Phi) is 9.49. The van der Waals surface area contributed by atoms with Gasteiger partial charge in [-0.2, -0.15) is 0 Å². The largest absolute Gasteiger partial charge is 0.446 e. The molecule has 2 amide bonds. The van der Waals surface area contributed by atoms with Crippen LogP contribution in [0.25, 0.3) is 0 Å². The van der Waals surface area contributed by atoms with E-state index < -0.39 is 0 Å². The zero-order valence-corrected chi connectivity index (χ0v) is 31.3. The van der Waals surface area contributed by atoms with Gasteiger partial charge >= 0.3 is 12.2 Å². The van der Waals surface area contributed by atoms with Crippen molar-refractivity contribution in [1.29, 1.82) is 0 Å². The molecule has 9 atom stereocenters. The van der Waals surface area contributed by atoms with Crippen LogP contribution in [0.1, 0.15) is 130 Å². The Bertz CT molecular complexity index is 1210. The predicted octanol–water partition coefficient (Wildman–Crippen LogP) is 8.03. The molecule has 4 bridgehead atoms. The van der Waals surface area contributed by atoms with Crippen molar-refractivity contribution in [1.82, 2.24) is 15.1 Å². The molecular weight excluding hydrogens is 614 g/mol. The van der Waals surface area contributed by atoms with Gasteiger partial charge in [0.05, 0.1) is 12.2 Å². The van der Waals surface area contributed by atoms with E-state index in [0.29, 0.717) is 28.8 Å². The van der Waals surface area contributed by atoms with E-state index in [1.54, 1.807) is 0 Å². The fraction of sp³-hybridized carbons (Fsp3) is 0.951. The number of carbonyl (C=O) groups excluding carboxylic acids is 2. The lowest BCUT2D eigenvalue weighted by Crippen LogP contribution is -2.56. The van der Waals surface area contributed by atoms with Gasteiger partial charge in [-0.15, -0.1) is 0 Å². The number of ether oxygens (including phenoxy) is 3. The molecule has 9 unspecified atom stereocenters. The normalized spacial score (nSPS) is 43.7. The zero-order chi connectivity index (χ0) is 34.0. The fourth-order valence-electron chi connectivity index (χ4n) is 13.6. The van der Waals surface area contributed by atoms with Crippen molar-refractivity contribution < 1.29 is 23.8 Å². The summed E-state index contributed by atoms with van der Waals surface area (Å²) in [4.78, 5) is 30.1. The van der Waals surface area contributed by atoms with Crippen LogP contribution in [0.3, 0.4) is 0 Å². The first kappa shape index (κ1) is 34.5. The van der Waals surface area contributed by atoms with Crippen molar-refractivity contribution in [3.63, 3.8) is 0 Å². The molecule has 0 radical (unpaired) electrons. The van der Waals surface area contributed by atoms with Crippen molar-refractivity contribution in [3.8, 4) is 0 Å². The molecular formula is C41H67N3O5. The lowest BCUT2D eigenvalue weighted by Gasteiger charge is -2.64. The van der Waals surface area contributed by atoms with Crippen molar-refractivity contribution >= 4 is 12.2 Å². The third-order valence-electron chi connectivity index (χ3n) is 15.9. The number of nitrogens with one attached hydrogen (secondary N) is 1. The highest BCUT2D eigenvalue weighted by Crippen LogP contribution is 2.75. The molecule has 9 aliphatic rings. The number of piperazine rings is 1. The molecule has 3 aliphatic heterocycles. The molecule has 2 spiro atoms. The summed E-state index contributed by atoms with van der Waals surface area (Å²) in [6.45, 7) is 14.2. The number of amides is 2. The Balaban J connectivity index is 0.994. The molecule has 9 fully saturated rings. The second-order valence-corrected chi connectivity index (χ2v) is 19.3. The molecule has 49 heavy (non-hydrogen) atoms. The Morgan fingerprint density at radius 3 is 2.22 bits per heavy atom. The summed E-state index contributed by atoms with van der Waals surface area (Å²) in [5, 5.41) is 3.37. The maximum Gasteiger partial charge on any atom is 0.410 e. The second kappa shape index (κ2) is 13.5. The summed E-state index contributed by atoms with van der Waals surface area (Å²) in [6, 6.07) is 0. The fourth-order valence-corrected chi connectivity index (χ4v) is 13.6. The number of hydrogen-bond acceptors (Lipinski definition) is 6. The Hall–Kier alpha value is -1.54. The van der Waals surface area contributed by atoms with E-state index in [4.69, 9.17) is 14.2 Å². The molecule has 3 heterocycles. The highest BCUT2D eigenvalue weighted by Gasteiger charge is 2.67. The minimum Gasteiger partial charge on any atom is -0.446 e. The van der Waals surface area contributed by atoms with Crippen molar-refractivity contribution in [2.24, 2.45) is 51.8 Å². The van der Waals surface area contributed by atoms with E-state index >= 15 is 0 Å². The first-order chi connectivity index (χ1) is 23.6. The van der Waals surface area contributed by atoms with E-state index in [1.807, 2.05) is 9.80 Å². The molecule has 8 heteroatoms. The van der Waals surface area contributed by atoms with Crippen LogP contribution >= 0.6 is 0 Å². The zero-order valence-electron chi connectivity index (χ0n) is 31.3. The summed E-state index contributed by atoms with van der Waals surface area (Å²) >= 11 is 0. The lowest BCUT2D eigenvalue weighted by atomic mass is 9.41. The van der Waals surface area contributed by atoms with Crippen LogP contribution in [-0.2, 0) is 14.2 Å². The maximum atomic E-state index is 13.4. The topological polar surface area (TPSA) is 80.3 Å². The summed E-state index contributed by atoms with van der Waals surface area (Å²) in [6.07, 6.45) is 20.3. The second-order valence-electron chi connectivity index (χ2n) is 19.3. The van der Waals surface area contributed by atoms with Gasteiger partial charge in [-0.05, 0) is 136 Å². The minimum atomic E-state index is -0.166. The van der Waals surface area contributed by atoms with Gasteiger partial charge in [-0.25, -0.2) is 9.59 Å².